The number of nitrogens with zero attached hydrogens (tertiary/aromatic N) is 2. The molecule has 1 N–H and O–H groups in total. The van der Waals surface area contributed by atoms with Crippen LogP contribution < -0.4 is 5.32 Å². The predicted octanol–water partition coefficient (Wildman–Crippen LogP) is 4.28. The van der Waals surface area contributed by atoms with Gasteiger partial charge in [-0.15, -0.1) is 0 Å². The van der Waals surface area contributed by atoms with Crippen molar-refractivity contribution < 1.29 is 13.6 Å². The Morgan fingerprint density at radius 3 is 2.12 bits per heavy atom. The fourth-order valence-electron chi connectivity index (χ4n) is 2.70. The van der Waals surface area contributed by atoms with E-state index < -0.39 is 0 Å². The maximum absolute atomic E-state index is 13.1. The summed E-state index contributed by atoms with van der Waals surface area (Å²) in [7, 11) is 0. The van der Waals surface area contributed by atoms with Gasteiger partial charge in [-0.3, -0.25) is 4.79 Å². The predicted molar refractivity (Wildman–Crippen MR) is 95.0 cm³/mol. The largest absolute Gasteiger partial charge is 0.344 e. The Kier molecular flexibility index (Phi) is 5.11. The van der Waals surface area contributed by atoms with Crippen LogP contribution in [0.5, 0.6) is 0 Å². The van der Waals surface area contributed by atoms with Crippen LogP contribution in [0.4, 0.5) is 8.78 Å². The minimum absolute atomic E-state index is 0.114. The summed E-state index contributed by atoms with van der Waals surface area (Å²) in [6.45, 7) is 3.96. The molecular weight excluding hydrogens is 336 g/mol. The number of aromatic nitrogens is 2. The molecule has 3 rings (SSSR count). The standard InChI is InChI=1S/C20H19F2N3O/c1-13(2)19(14-3-5-15(21)6-4-14)23-20(26)18-11-12-25(24-18)17-9-7-16(22)8-10-17/h3-13,19H,1-2H3,(H,23,26). The van der Waals surface area contributed by atoms with Gasteiger partial charge in [-0.2, -0.15) is 5.10 Å². The Morgan fingerprint density at radius 2 is 1.54 bits per heavy atom. The second kappa shape index (κ2) is 7.47. The summed E-state index contributed by atoms with van der Waals surface area (Å²) < 4.78 is 27.7. The van der Waals surface area contributed by atoms with Gasteiger partial charge in [0.05, 0.1) is 11.7 Å². The summed E-state index contributed by atoms with van der Waals surface area (Å²) >= 11 is 0. The molecule has 3 aromatic rings. The van der Waals surface area contributed by atoms with Gasteiger partial charge in [0.2, 0.25) is 0 Å². The quantitative estimate of drug-likeness (QED) is 0.743. The summed E-state index contributed by atoms with van der Waals surface area (Å²) in [4.78, 5) is 12.6. The molecule has 0 radical (unpaired) electrons. The average Bonchev–Trinajstić information content (AvgIpc) is 3.11. The number of carbonyl (C=O) groups excluding carboxylic acids is 1. The van der Waals surface area contributed by atoms with Crippen LogP contribution >= 0.6 is 0 Å². The number of benzene rings is 2. The summed E-state index contributed by atoms with van der Waals surface area (Å²) in [5.41, 5.74) is 1.74. The van der Waals surface area contributed by atoms with Crippen LogP contribution in [0.3, 0.4) is 0 Å². The Bertz CT molecular complexity index is 886. The van der Waals surface area contributed by atoms with Gasteiger partial charge < -0.3 is 5.32 Å². The highest BCUT2D eigenvalue weighted by Gasteiger charge is 2.20. The SMILES string of the molecule is CC(C)C(NC(=O)c1ccn(-c2ccc(F)cc2)n1)c1ccc(F)cc1. The molecule has 0 spiro atoms. The highest BCUT2D eigenvalue weighted by atomic mass is 19.1. The molecule has 1 amide bonds. The van der Waals surface area contributed by atoms with Crippen LogP contribution in [0.1, 0.15) is 35.9 Å². The Labute approximate surface area is 150 Å². The van der Waals surface area contributed by atoms with Gasteiger partial charge in [-0.25, -0.2) is 13.5 Å². The van der Waals surface area contributed by atoms with Crippen molar-refractivity contribution in [2.24, 2.45) is 5.92 Å². The van der Waals surface area contributed by atoms with Crippen molar-refractivity contribution in [3.8, 4) is 5.69 Å². The molecule has 1 heterocycles. The van der Waals surface area contributed by atoms with E-state index in [4.69, 9.17) is 0 Å². The van der Waals surface area contributed by atoms with E-state index in [9.17, 15) is 13.6 Å². The first kappa shape index (κ1) is 17.8. The smallest absolute Gasteiger partial charge is 0.272 e. The van der Waals surface area contributed by atoms with E-state index in [2.05, 4.69) is 10.4 Å². The second-order valence-corrected chi connectivity index (χ2v) is 6.37. The number of halogens is 2. The molecule has 0 fully saturated rings. The molecule has 1 atom stereocenters. The topological polar surface area (TPSA) is 46.9 Å². The molecule has 0 saturated carbocycles. The van der Waals surface area contributed by atoms with Crippen LogP contribution in [0.15, 0.2) is 60.8 Å². The van der Waals surface area contributed by atoms with Crippen LogP contribution in [-0.4, -0.2) is 15.7 Å². The van der Waals surface area contributed by atoms with Crippen molar-refractivity contribution in [2.75, 3.05) is 0 Å². The van der Waals surface area contributed by atoms with E-state index >= 15 is 0 Å². The van der Waals surface area contributed by atoms with E-state index in [0.29, 0.717) is 5.69 Å². The van der Waals surface area contributed by atoms with Crippen molar-refractivity contribution >= 4 is 5.91 Å². The molecule has 1 unspecified atom stereocenters. The zero-order valence-corrected chi connectivity index (χ0v) is 14.5. The molecule has 4 nitrogen and oxygen atoms in total. The van der Waals surface area contributed by atoms with Gasteiger partial charge >= 0.3 is 0 Å². The van der Waals surface area contributed by atoms with E-state index in [0.717, 1.165) is 5.56 Å². The van der Waals surface area contributed by atoms with Crippen LogP contribution in [0, 0.1) is 17.6 Å². The van der Waals surface area contributed by atoms with E-state index in [1.54, 1.807) is 36.5 Å². The lowest BCUT2D eigenvalue weighted by atomic mass is 9.96. The molecule has 1 aromatic heterocycles. The summed E-state index contributed by atoms with van der Waals surface area (Å²) in [5, 5.41) is 7.20. The molecule has 0 aliphatic rings. The van der Waals surface area contributed by atoms with Crippen molar-refractivity contribution in [1.29, 1.82) is 0 Å². The molecule has 134 valence electrons. The summed E-state index contributed by atoms with van der Waals surface area (Å²) in [6, 6.07) is 13.2. The molecule has 0 saturated heterocycles. The number of carbonyl (C=O) groups is 1. The van der Waals surface area contributed by atoms with Crippen molar-refractivity contribution in [1.82, 2.24) is 15.1 Å². The van der Waals surface area contributed by atoms with E-state index in [1.165, 1.54) is 28.9 Å². The van der Waals surface area contributed by atoms with Crippen molar-refractivity contribution in [2.45, 2.75) is 19.9 Å². The monoisotopic (exact) mass is 355 g/mol. The van der Waals surface area contributed by atoms with E-state index in [1.807, 2.05) is 13.8 Å². The lowest BCUT2D eigenvalue weighted by Gasteiger charge is -2.22. The van der Waals surface area contributed by atoms with Gasteiger partial charge in [-0.1, -0.05) is 26.0 Å². The maximum Gasteiger partial charge on any atom is 0.272 e. The first-order valence-corrected chi connectivity index (χ1v) is 8.32. The van der Waals surface area contributed by atoms with Gasteiger partial charge in [0.1, 0.15) is 11.6 Å². The normalized spacial score (nSPS) is 12.2. The zero-order chi connectivity index (χ0) is 18.7. The fourth-order valence-corrected chi connectivity index (χ4v) is 2.70. The fraction of sp³-hybridized carbons (Fsp3) is 0.200. The summed E-state index contributed by atoms with van der Waals surface area (Å²) in [6.07, 6.45) is 1.64. The molecular formula is C20H19F2N3O. The third kappa shape index (κ3) is 3.96. The Hall–Kier alpha value is -3.02. The highest BCUT2D eigenvalue weighted by molar-refractivity contribution is 5.92. The minimum Gasteiger partial charge on any atom is -0.344 e. The molecule has 26 heavy (non-hydrogen) atoms. The minimum atomic E-state index is -0.335. The molecule has 0 aliphatic heterocycles. The van der Waals surface area contributed by atoms with Gasteiger partial charge in [0.15, 0.2) is 5.69 Å². The van der Waals surface area contributed by atoms with E-state index in [-0.39, 0.29) is 35.2 Å². The van der Waals surface area contributed by atoms with Crippen molar-refractivity contribution in [3.63, 3.8) is 0 Å². The third-order valence-corrected chi connectivity index (χ3v) is 4.10. The van der Waals surface area contributed by atoms with Crippen LogP contribution in [0.2, 0.25) is 0 Å². The van der Waals surface area contributed by atoms with Gasteiger partial charge in [0, 0.05) is 6.20 Å². The molecule has 2 aromatic carbocycles. The highest BCUT2D eigenvalue weighted by Crippen LogP contribution is 2.22. The number of rotatable bonds is 5. The first-order valence-electron chi connectivity index (χ1n) is 8.32. The Balaban J connectivity index is 1.78. The molecule has 0 bridgehead atoms. The van der Waals surface area contributed by atoms with Crippen LogP contribution in [0.25, 0.3) is 5.69 Å². The summed E-state index contributed by atoms with van der Waals surface area (Å²) in [5.74, 6) is -0.865. The van der Waals surface area contributed by atoms with Crippen molar-refractivity contribution in [3.05, 3.63) is 83.7 Å². The molecule has 0 aliphatic carbocycles. The lowest BCUT2D eigenvalue weighted by molar-refractivity contribution is 0.0920. The van der Waals surface area contributed by atoms with Gasteiger partial charge in [0.25, 0.3) is 5.91 Å². The average molecular weight is 355 g/mol. The Morgan fingerprint density at radius 1 is 0.962 bits per heavy atom. The van der Waals surface area contributed by atoms with Crippen LogP contribution in [-0.2, 0) is 0 Å². The lowest BCUT2D eigenvalue weighted by Crippen LogP contribution is -2.32. The molecule has 6 heteroatoms. The third-order valence-electron chi connectivity index (χ3n) is 4.10. The number of amides is 1. The number of hydrogen-bond acceptors (Lipinski definition) is 2. The number of hydrogen-bond donors (Lipinski definition) is 1. The second-order valence-electron chi connectivity index (χ2n) is 6.37. The first-order chi connectivity index (χ1) is 12.4. The number of nitrogens with one attached hydrogen (secondary N) is 1. The maximum atomic E-state index is 13.1. The zero-order valence-electron chi connectivity index (χ0n) is 14.5. The van der Waals surface area contributed by atoms with Gasteiger partial charge in [-0.05, 0) is 53.9 Å².